The Labute approximate surface area is 269 Å². The van der Waals surface area contributed by atoms with Crippen molar-refractivity contribution in [2.45, 2.75) is 25.9 Å². The summed E-state index contributed by atoms with van der Waals surface area (Å²) in [4.78, 5) is 23.3. The first-order valence-corrected chi connectivity index (χ1v) is 15.8. The van der Waals surface area contributed by atoms with Crippen molar-refractivity contribution in [2.24, 2.45) is 0 Å². The van der Waals surface area contributed by atoms with Crippen LogP contribution in [0, 0.1) is 0 Å². The highest BCUT2D eigenvalue weighted by atomic mass is 35.5. The van der Waals surface area contributed by atoms with E-state index >= 15 is 0 Å². The quantitative estimate of drug-likeness (QED) is 0.123. The maximum Gasteiger partial charge on any atom is 0.344 e. The number of nitrogens with one attached hydrogen (secondary N) is 2. The zero-order valence-electron chi connectivity index (χ0n) is 25.2. The van der Waals surface area contributed by atoms with Crippen LogP contribution in [0.25, 0.3) is 0 Å². The molecule has 0 bridgehead atoms. The molecule has 0 spiro atoms. The van der Waals surface area contributed by atoms with Crippen LogP contribution >= 0.6 is 12.4 Å². The molecule has 12 nitrogen and oxygen atoms in total. The van der Waals surface area contributed by atoms with E-state index in [1.807, 2.05) is 24.3 Å². The molecule has 0 fully saturated rings. The number of carbonyl (C=O) groups is 2. The summed E-state index contributed by atoms with van der Waals surface area (Å²) in [5.41, 5.74) is 2.21. The van der Waals surface area contributed by atoms with Gasteiger partial charge in [-0.3, -0.25) is 4.72 Å². The number of ether oxygens (including phenoxy) is 4. The summed E-state index contributed by atoms with van der Waals surface area (Å²) in [6.45, 7) is 4.08. The van der Waals surface area contributed by atoms with Gasteiger partial charge in [-0.25, -0.2) is 18.0 Å². The Morgan fingerprint density at radius 3 is 1.69 bits per heavy atom. The number of rotatable bonds is 17. The minimum atomic E-state index is -3.63. The third-order valence-electron chi connectivity index (χ3n) is 6.28. The number of aromatic hydroxyl groups is 1. The monoisotopic (exact) mass is 666 g/mol. The van der Waals surface area contributed by atoms with E-state index in [0.717, 1.165) is 17.4 Å². The van der Waals surface area contributed by atoms with Crippen molar-refractivity contribution in [1.82, 2.24) is 5.32 Å². The van der Waals surface area contributed by atoms with E-state index in [0.29, 0.717) is 23.6 Å². The number of esters is 2. The van der Waals surface area contributed by atoms with E-state index in [1.54, 1.807) is 38.1 Å². The topological polar surface area (TPSA) is 170 Å². The Morgan fingerprint density at radius 2 is 1.24 bits per heavy atom. The molecule has 0 saturated heterocycles. The van der Waals surface area contributed by atoms with E-state index in [1.165, 1.54) is 18.2 Å². The molecule has 1 atom stereocenters. The SMILES string of the molecule is CCOC(=O)COc1ccc(C(CNC[C@H](O)c2ccc(O)c(NS(C)(=O)=O)c2)c2ccc(OCC(=O)OCC)cc2)cc1.Cl. The van der Waals surface area contributed by atoms with Crippen molar-refractivity contribution in [3.63, 3.8) is 0 Å². The molecular weight excluding hydrogens is 628 g/mol. The molecular formula is C31H39ClN2O10S. The predicted molar refractivity (Wildman–Crippen MR) is 171 cm³/mol. The van der Waals surface area contributed by atoms with Gasteiger partial charge in [0, 0.05) is 19.0 Å². The first kappa shape index (κ1) is 37.1. The lowest BCUT2D eigenvalue weighted by Crippen LogP contribution is -2.27. The van der Waals surface area contributed by atoms with Crippen LogP contribution in [0.5, 0.6) is 17.2 Å². The van der Waals surface area contributed by atoms with Gasteiger partial charge in [0.15, 0.2) is 13.2 Å². The molecule has 45 heavy (non-hydrogen) atoms. The number of aliphatic hydroxyl groups excluding tert-OH is 1. The van der Waals surface area contributed by atoms with Gasteiger partial charge in [0.1, 0.15) is 17.2 Å². The average Bonchev–Trinajstić information content (AvgIpc) is 2.98. The minimum absolute atomic E-state index is 0. The highest BCUT2D eigenvalue weighted by Gasteiger charge is 2.18. The summed E-state index contributed by atoms with van der Waals surface area (Å²) >= 11 is 0. The number of anilines is 1. The number of halogens is 1. The van der Waals surface area contributed by atoms with Gasteiger partial charge < -0.3 is 34.5 Å². The Hall–Kier alpha value is -4.04. The number of aliphatic hydroxyl groups is 1. The zero-order chi connectivity index (χ0) is 32.1. The molecule has 0 aliphatic carbocycles. The van der Waals surface area contributed by atoms with Gasteiger partial charge in [0.25, 0.3) is 0 Å². The predicted octanol–water partition coefficient (Wildman–Crippen LogP) is 3.52. The van der Waals surface area contributed by atoms with Gasteiger partial charge in [0.05, 0.1) is 31.3 Å². The van der Waals surface area contributed by atoms with Crippen LogP contribution in [0.3, 0.4) is 0 Å². The molecule has 14 heteroatoms. The van der Waals surface area contributed by atoms with Crippen LogP contribution in [-0.2, 0) is 29.1 Å². The highest BCUT2D eigenvalue weighted by molar-refractivity contribution is 7.92. The molecule has 3 rings (SSSR count). The molecule has 0 aliphatic rings. The van der Waals surface area contributed by atoms with Crippen LogP contribution in [-0.4, -0.2) is 76.3 Å². The fraction of sp³-hybridized carbons (Fsp3) is 0.355. The number of carbonyl (C=O) groups excluding carboxylic acids is 2. The van der Waals surface area contributed by atoms with E-state index in [2.05, 4.69) is 10.0 Å². The van der Waals surface area contributed by atoms with Crippen molar-refractivity contribution in [3.8, 4) is 17.2 Å². The van der Waals surface area contributed by atoms with Gasteiger partial charge in [-0.2, -0.15) is 0 Å². The first-order valence-electron chi connectivity index (χ1n) is 13.9. The third kappa shape index (κ3) is 12.5. The maximum atomic E-state index is 11.6. The Kier molecular flexibility index (Phi) is 14.9. The largest absolute Gasteiger partial charge is 0.506 e. The minimum Gasteiger partial charge on any atom is -0.506 e. The van der Waals surface area contributed by atoms with Gasteiger partial charge in [-0.1, -0.05) is 30.3 Å². The summed E-state index contributed by atoms with van der Waals surface area (Å²) in [7, 11) is -3.63. The second-order valence-corrected chi connectivity index (χ2v) is 11.5. The van der Waals surface area contributed by atoms with E-state index < -0.39 is 28.1 Å². The van der Waals surface area contributed by atoms with E-state index in [9.17, 15) is 28.2 Å². The van der Waals surface area contributed by atoms with Crippen LogP contribution < -0.4 is 19.5 Å². The number of phenols is 1. The average molecular weight is 667 g/mol. The second-order valence-electron chi connectivity index (χ2n) is 9.70. The molecule has 0 aromatic heterocycles. The molecule has 0 heterocycles. The molecule has 0 unspecified atom stereocenters. The van der Waals surface area contributed by atoms with Crippen molar-refractivity contribution in [1.29, 1.82) is 0 Å². The fourth-order valence-electron chi connectivity index (χ4n) is 4.24. The number of hydrogen-bond donors (Lipinski definition) is 4. The number of benzene rings is 3. The Morgan fingerprint density at radius 1 is 0.778 bits per heavy atom. The number of sulfonamides is 1. The Balaban J connectivity index is 0.00000705. The smallest absolute Gasteiger partial charge is 0.344 e. The van der Waals surface area contributed by atoms with Crippen molar-refractivity contribution < 1.29 is 47.2 Å². The standard InChI is InChI=1S/C31H38N2O10S.ClH/c1-4-40-30(36)19-42-24-11-6-21(7-12-24)26(22-8-13-25(14-9-22)43-20-31(37)41-5-2)17-32-18-29(35)23-10-15-28(34)27(16-23)33-44(3,38)39;/h6-16,26,29,32-35H,4-5,17-20H2,1-3H3;1H/t29-;/m0./s1. The van der Waals surface area contributed by atoms with Gasteiger partial charge in [-0.15, -0.1) is 12.4 Å². The fourth-order valence-corrected chi connectivity index (χ4v) is 4.80. The number of phenolic OH excluding ortho intramolecular Hbond substituents is 1. The molecule has 0 saturated carbocycles. The van der Waals surface area contributed by atoms with Crippen molar-refractivity contribution >= 4 is 40.1 Å². The summed E-state index contributed by atoms with van der Waals surface area (Å²) in [5, 5.41) is 24.1. The molecule has 3 aromatic rings. The maximum absolute atomic E-state index is 11.6. The second kappa shape index (κ2) is 18.1. The highest BCUT2D eigenvalue weighted by Crippen LogP contribution is 2.29. The molecule has 246 valence electrons. The molecule has 4 N–H and O–H groups in total. The van der Waals surface area contributed by atoms with Crippen LogP contribution in [0.4, 0.5) is 5.69 Å². The summed E-state index contributed by atoms with van der Waals surface area (Å²) in [6, 6.07) is 18.7. The number of hydrogen-bond acceptors (Lipinski definition) is 11. The van der Waals surface area contributed by atoms with E-state index in [-0.39, 0.29) is 62.7 Å². The summed E-state index contributed by atoms with van der Waals surface area (Å²) in [6.07, 6.45) is -0.0382. The van der Waals surface area contributed by atoms with Gasteiger partial charge in [0.2, 0.25) is 10.0 Å². The molecule has 3 aromatic carbocycles. The van der Waals surface area contributed by atoms with Crippen LogP contribution in [0.15, 0.2) is 66.7 Å². The first-order chi connectivity index (χ1) is 21.0. The zero-order valence-corrected chi connectivity index (χ0v) is 26.9. The Bertz CT molecular complexity index is 1420. The summed E-state index contributed by atoms with van der Waals surface area (Å²) in [5.74, 6) is -0.382. The van der Waals surface area contributed by atoms with Gasteiger partial charge in [-0.05, 0) is 66.9 Å². The van der Waals surface area contributed by atoms with E-state index in [4.69, 9.17) is 18.9 Å². The van der Waals surface area contributed by atoms with Crippen molar-refractivity contribution in [3.05, 3.63) is 83.4 Å². The third-order valence-corrected chi connectivity index (χ3v) is 6.87. The lowest BCUT2D eigenvalue weighted by atomic mass is 9.91. The lowest BCUT2D eigenvalue weighted by Gasteiger charge is -2.21. The van der Waals surface area contributed by atoms with Gasteiger partial charge >= 0.3 is 11.9 Å². The molecule has 0 aliphatic heterocycles. The van der Waals surface area contributed by atoms with Crippen LogP contribution in [0.2, 0.25) is 0 Å². The molecule has 0 radical (unpaired) electrons. The van der Waals surface area contributed by atoms with Crippen LogP contribution in [0.1, 0.15) is 42.6 Å². The van der Waals surface area contributed by atoms with Crippen molar-refractivity contribution in [2.75, 3.05) is 50.5 Å². The summed E-state index contributed by atoms with van der Waals surface area (Å²) < 4.78 is 46.3. The molecule has 0 amide bonds. The normalized spacial score (nSPS) is 11.7. The lowest BCUT2D eigenvalue weighted by molar-refractivity contribution is -0.146.